The fourth-order valence-electron chi connectivity index (χ4n) is 2.60. The third-order valence-electron chi connectivity index (χ3n) is 3.77. The lowest BCUT2D eigenvalue weighted by Crippen LogP contribution is -2.47. The van der Waals surface area contributed by atoms with Gasteiger partial charge in [0.15, 0.2) is 0 Å². The van der Waals surface area contributed by atoms with Gasteiger partial charge in [0.05, 0.1) is 0 Å². The molecular weight excluding hydrogens is 214 g/mol. The molecule has 0 aliphatic heterocycles. The minimum Gasteiger partial charge on any atom is -0.465 e. The maximum absolute atomic E-state index is 10.7. The van der Waals surface area contributed by atoms with Crippen LogP contribution in [-0.2, 0) is 0 Å². The molecule has 0 radical (unpaired) electrons. The monoisotopic (exact) mass is 241 g/mol. The van der Waals surface area contributed by atoms with E-state index in [9.17, 15) is 4.79 Å². The Balaban J connectivity index is 0.000000415. The van der Waals surface area contributed by atoms with Gasteiger partial charge in [-0.1, -0.05) is 46.5 Å². The molecule has 2 aliphatic rings. The molecule has 0 aromatic heterocycles. The van der Waals surface area contributed by atoms with Gasteiger partial charge in [0.1, 0.15) is 0 Å². The van der Waals surface area contributed by atoms with Gasteiger partial charge in [0.25, 0.3) is 0 Å². The van der Waals surface area contributed by atoms with Gasteiger partial charge in [0, 0.05) is 6.04 Å². The Labute approximate surface area is 105 Å². The first-order chi connectivity index (χ1) is 8.02. The van der Waals surface area contributed by atoms with E-state index in [1.54, 1.807) is 0 Å². The van der Waals surface area contributed by atoms with Gasteiger partial charge in [-0.05, 0) is 30.6 Å². The van der Waals surface area contributed by atoms with E-state index in [4.69, 9.17) is 5.11 Å². The summed E-state index contributed by atoms with van der Waals surface area (Å²) in [6, 6.07) is 0.154. The van der Waals surface area contributed by atoms with E-state index < -0.39 is 6.09 Å². The van der Waals surface area contributed by atoms with Crippen LogP contribution in [0.25, 0.3) is 0 Å². The molecule has 0 bridgehead atoms. The molecule has 0 heterocycles. The summed E-state index contributed by atoms with van der Waals surface area (Å²) in [5, 5.41) is 11.5. The first-order valence-electron chi connectivity index (χ1n) is 7.01. The van der Waals surface area contributed by atoms with Crippen LogP contribution in [0.5, 0.6) is 0 Å². The zero-order valence-electron chi connectivity index (χ0n) is 11.4. The van der Waals surface area contributed by atoms with Crippen molar-refractivity contribution in [1.29, 1.82) is 0 Å². The summed E-state index contributed by atoms with van der Waals surface area (Å²) in [5.41, 5.74) is 0. The fourth-order valence-corrected chi connectivity index (χ4v) is 2.60. The molecular formula is C14H27NO2. The average molecular weight is 241 g/mol. The molecule has 3 nitrogen and oxygen atoms in total. The molecule has 2 rings (SSSR count). The predicted molar refractivity (Wildman–Crippen MR) is 70.1 cm³/mol. The highest BCUT2D eigenvalue weighted by atomic mass is 16.4. The predicted octanol–water partition coefficient (Wildman–Crippen LogP) is 3.89. The minimum atomic E-state index is -0.880. The van der Waals surface area contributed by atoms with Crippen LogP contribution in [0.3, 0.4) is 0 Å². The quantitative estimate of drug-likeness (QED) is 0.770. The van der Waals surface area contributed by atoms with Crippen molar-refractivity contribution >= 4 is 6.09 Å². The van der Waals surface area contributed by atoms with E-state index in [0.717, 1.165) is 12.8 Å². The van der Waals surface area contributed by atoms with Crippen molar-refractivity contribution in [2.24, 2.45) is 17.8 Å². The number of amides is 1. The van der Waals surface area contributed by atoms with Crippen molar-refractivity contribution < 1.29 is 9.90 Å². The molecule has 0 saturated heterocycles. The number of carboxylic acid groups (broad SMARTS) is 1. The first kappa shape index (κ1) is 14.3. The van der Waals surface area contributed by atoms with Crippen LogP contribution in [0.15, 0.2) is 0 Å². The highest BCUT2D eigenvalue weighted by Crippen LogP contribution is 2.33. The Bertz CT molecular complexity index is 236. The lowest BCUT2D eigenvalue weighted by Gasteiger charge is -2.38. The molecule has 3 atom stereocenters. The molecule has 17 heavy (non-hydrogen) atoms. The van der Waals surface area contributed by atoms with Gasteiger partial charge in [-0.2, -0.15) is 0 Å². The van der Waals surface area contributed by atoms with Crippen molar-refractivity contribution in [3.63, 3.8) is 0 Å². The molecule has 1 unspecified atom stereocenters. The third kappa shape index (κ3) is 5.42. The highest BCUT2D eigenvalue weighted by Gasteiger charge is 2.33. The van der Waals surface area contributed by atoms with E-state index in [0.29, 0.717) is 17.8 Å². The zero-order valence-corrected chi connectivity index (χ0v) is 11.4. The van der Waals surface area contributed by atoms with Crippen molar-refractivity contribution in [2.75, 3.05) is 0 Å². The summed E-state index contributed by atoms with van der Waals surface area (Å²) in [6.07, 6.45) is 7.16. The maximum atomic E-state index is 10.7. The number of hydrogen-bond donors (Lipinski definition) is 2. The smallest absolute Gasteiger partial charge is 0.404 e. The van der Waals surface area contributed by atoms with E-state index in [2.05, 4.69) is 26.1 Å². The van der Waals surface area contributed by atoms with Crippen LogP contribution < -0.4 is 5.32 Å². The second-order valence-corrected chi connectivity index (χ2v) is 5.85. The summed E-state index contributed by atoms with van der Waals surface area (Å²) in [6.45, 7) is 6.51. The largest absolute Gasteiger partial charge is 0.465 e. The standard InChI is InChI=1S/C11H21NO2.C3H6/c1-7(2)9-6-4-5-8(3)10(9)12-11(13)14;1-2-3-1/h7-10,12H,4-6H2,1-3H3,(H,13,14);1-3H2/t8?,9-,10-;/m0./s1. The van der Waals surface area contributed by atoms with Gasteiger partial charge in [-0.25, -0.2) is 4.79 Å². The summed E-state index contributed by atoms with van der Waals surface area (Å²) >= 11 is 0. The normalized spacial score (nSPS) is 31.4. The SMILES string of the molecule is C1CC1.CC(C)[C@@H]1CCCC(C)[C@@H]1NC(=O)O. The lowest BCUT2D eigenvalue weighted by atomic mass is 9.73. The Hall–Kier alpha value is -0.730. The molecule has 0 spiro atoms. The Morgan fingerprint density at radius 3 is 2.18 bits per heavy atom. The highest BCUT2D eigenvalue weighted by molar-refractivity contribution is 5.65. The molecule has 0 aromatic rings. The molecule has 2 N–H and O–H groups in total. The van der Waals surface area contributed by atoms with Gasteiger partial charge in [0.2, 0.25) is 0 Å². The van der Waals surface area contributed by atoms with Crippen LogP contribution in [0.2, 0.25) is 0 Å². The number of rotatable bonds is 2. The Morgan fingerprint density at radius 1 is 1.18 bits per heavy atom. The van der Waals surface area contributed by atoms with Crippen molar-refractivity contribution in [2.45, 2.75) is 65.3 Å². The average Bonchev–Trinajstić information content (AvgIpc) is 3.07. The molecule has 2 aliphatic carbocycles. The Morgan fingerprint density at radius 2 is 1.76 bits per heavy atom. The van der Waals surface area contributed by atoms with Crippen LogP contribution in [0.4, 0.5) is 4.79 Å². The van der Waals surface area contributed by atoms with Crippen LogP contribution in [0, 0.1) is 17.8 Å². The number of nitrogens with one attached hydrogen (secondary N) is 1. The molecule has 2 saturated carbocycles. The summed E-state index contributed by atoms with van der Waals surface area (Å²) in [5.74, 6) is 1.55. The van der Waals surface area contributed by atoms with Crippen molar-refractivity contribution in [3.05, 3.63) is 0 Å². The van der Waals surface area contributed by atoms with Gasteiger partial charge < -0.3 is 10.4 Å². The van der Waals surface area contributed by atoms with Gasteiger partial charge in [-0.3, -0.25) is 0 Å². The van der Waals surface area contributed by atoms with E-state index in [-0.39, 0.29) is 6.04 Å². The van der Waals surface area contributed by atoms with E-state index in [1.807, 2.05) is 0 Å². The van der Waals surface area contributed by atoms with Crippen molar-refractivity contribution in [3.8, 4) is 0 Å². The third-order valence-corrected chi connectivity index (χ3v) is 3.77. The topological polar surface area (TPSA) is 49.3 Å². The fraction of sp³-hybridized carbons (Fsp3) is 0.929. The maximum Gasteiger partial charge on any atom is 0.404 e. The molecule has 3 heteroatoms. The second-order valence-electron chi connectivity index (χ2n) is 5.85. The minimum absolute atomic E-state index is 0.154. The zero-order chi connectivity index (χ0) is 12.8. The van der Waals surface area contributed by atoms with Crippen LogP contribution >= 0.6 is 0 Å². The second kappa shape index (κ2) is 6.87. The van der Waals surface area contributed by atoms with Crippen LogP contribution in [-0.4, -0.2) is 17.2 Å². The van der Waals surface area contributed by atoms with Gasteiger partial charge in [-0.15, -0.1) is 0 Å². The lowest BCUT2D eigenvalue weighted by molar-refractivity contribution is 0.135. The molecule has 0 aromatic carbocycles. The van der Waals surface area contributed by atoms with Gasteiger partial charge >= 0.3 is 6.09 Å². The Kier molecular flexibility index (Phi) is 5.79. The first-order valence-corrected chi connectivity index (χ1v) is 7.01. The number of hydrogen-bond acceptors (Lipinski definition) is 1. The van der Waals surface area contributed by atoms with Crippen molar-refractivity contribution in [1.82, 2.24) is 5.32 Å². The summed E-state index contributed by atoms with van der Waals surface area (Å²) in [7, 11) is 0. The summed E-state index contributed by atoms with van der Waals surface area (Å²) < 4.78 is 0. The van der Waals surface area contributed by atoms with E-state index in [1.165, 1.54) is 25.7 Å². The molecule has 1 amide bonds. The summed E-state index contributed by atoms with van der Waals surface area (Å²) in [4.78, 5) is 10.7. The molecule has 2 fully saturated rings. The van der Waals surface area contributed by atoms with E-state index >= 15 is 0 Å². The molecule has 100 valence electrons. The van der Waals surface area contributed by atoms with Crippen LogP contribution in [0.1, 0.15) is 59.3 Å². The number of carbonyl (C=O) groups is 1.